The smallest absolute Gasteiger partial charge is 0.408 e. The van der Waals surface area contributed by atoms with Crippen LogP contribution in [0, 0.1) is 0 Å². The zero-order chi connectivity index (χ0) is 25.1. The van der Waals surface area contributed by atoms with E-state index >= 15 is 0 Å². The monoisotopic (exact) mass is 475 g/mol. The van der Waals surface area contributed by atoms with Crippen LogP contribution in [0.2, 0.25) is 0 Å². The molecule has 1 aromatic rings. The minimum absolute atomic E-state index is 0.157. The van der Waals surface area contributed by atoms with Crippen molar-refractivity contribution in [3.05, 3.63) is 47.4 Å². The third-order valence-electron chi connectivity index (χ3n) is 5.49. The number of hydrogen-bond acceptors (Lipinski definition) is 8. The fourth-order valence-electron chi connectivity index (χ4n) is 3.88. The summed E-state index contributed by atoms with van der Waals surface area (Å²) in [5.74, 6) is -3.81. The van der Waals surface area contributed by atoms with E-state index in [1.165, 1.54) is 24.1 Å². The number of benzene rings is 1. The molecule has 34 heavy (non-hydrogen) atoms. The summed E-state index contributed by atoms with van der Waals surface area (Å²) >= 11 is 0. The number of alkyl carbamates (subject to hydrolysis) is 1. The molecular weight excluding hydrogens is 446 g/mol. The van der Waals surface area contributed by atoms with Crippen molar-refractivity contribution in [2.75, 3.05) is 20.3 Å². The van der Waals surface area contributed by atoms with Gasteiger partial charge in [-0.1, -0.05) is 18.2 Å². The van der Waals surface area contributed by atoms with Crippen LogP contribution in [0.3, 0.4) is 0 Å². The lowest BCUT2D eigenvalue weighted by Crippen LogP contribution is -2.71. The highest BCUT2D eigenvalue weighted by atomic mass is 16.6. The first kappa shape index (κ1) is 25.0. The second kappa shape index (κ2) is 9.72. The van der Waals surface area contributed by atoms with Crippen LogP contribution in [-0.4, -0.2) is 71.5 Å². The highest BCUT2D eigenvalue weighted by Gasteiger charge is 2.50. The second-order valence-corrected chi connectivity index (χ2v) is 9.12. The number of carboxylic acid groups (broad SMARTS) is 1. The molecular formula is C23H29N3O8. The molecule has 0 aliphatic carbocycles. The predicted octanol–water partition coefficient (Wildman–Crippen LogP) is 1.60. The van der Waals surface area contributed by atoms with Crippen LogP contribution in [0.4, 0.5) is 4.79 Å². The Morgan fingerprint density at radius 2 is 1.79 bits per heavy atom. The minimum Gasteiger partial charge on any atom is -0.476 e. The van der Waals surface area contributed by atoms with Gasteiger partial charge in [0.05, 0.1) is 11.1 Å². The van der Waals surface area contributed by atoms with E-state index < -0.39 is 52.7 Å². The van der Waals surface area contributed by atoms with Crippen molar-refractivity contribution in [3.8, 4) is 0 Å². The molecule has 1 atom stereocenters. The van der Waals surface area contributed by atoms with E-state index in [-0.39, 0.29) is 31.6 Å². The van der Waals surface area contributed by atoms with Crippen LogP contribution < -0.4 is 10.6 Å². The molecule has 2 heterocycles. The Balaban J connectivity index is 1.94. The van der Waals surface area contributed by atoms with Gasteiger partial charge < -0.3 is 34.9 Å². The molecule has 2 aliphatic heterocycles. The fraction of sp³-hybridized carbons (Fsp3) is 0.478. The summed E-state index contributed by atoms with van der Waals surface area (Å²) in [5, 5.41) is 15.4. The number of carbonyl (C=O) groups is 4. The van der Waals surface area contributed by atoms with Crippen molar-refractivity contribution >= 4 is 23.9 Å². The molecule has 1 saturated heterocycles. The van der Waals surface area contributed by atoms with Gasteiger partial charge in [-0.3, -0.25) is 4.79 Å². The number of esters is 1. The number of ether oxygens (including phenoxy) is 3. The van der Waals surface area contributed by atoms with Gasteiger partial charge in [0.25, 0.3) is 5.91 Å². The van der Waals surface area contributed by atoms with Crippen molar-refractivity contribution in [3.63, 3.8) is 0 Å². The maximum Gasteiger partial charge on any atom is 0.408 e. The molecule has 1 aromatic carbocycles. The maximum absolute atomic E-state index is 13.2. The molecule has 2 amide bonds. The number of carbonyl (C=O) groups excluding carboxylic acids is 3. The molecule has 1 fully saturated rings. The normalized spacial score (nSPS) is 20.3. The van der Waals surface area contributed by atoms with E-state index in [0.717, 1.165) is 0 Å². The lowest BCUT2D eigenvalue weighted by molar-refractivity contribution is -0.142. The van der Waals surface area contributed by atoms with Crippen molar-refractivity contribution in [1.82, 2.24) is 15.5 Å². The van der Waals surface area contributed by atoms with Gasteiger partial charge in [-0.15, -0.1) is 0 Å². The zero-order valence-electron chi connectivity index (χ0n) is 19.5. The van der Waals surface area contributed by atoms with Gasteiger partial charge in [0.15, 0.2) is 5.70 Å². The molecule has 0 saturated carbocycles. The van der Waals surface area contributed by atoms with Crippen LogP contribution in [0.5, 0.6) is 0 Å². The Hall–Kier alpha value is -3.60. The Bertz CT molecular complexity index is 993. The summed E-state index contributed by atoms with van der Waals surface area (Å²) < 4.78 is 16.1. The van der Waals surface area contributed by atoms with Crippen LogP contribution in [0.15, 0.2) is 41.8 Å². The Kier molecular flexibility index (Phi) is 7.15. The fourth-order valence-corrected chi connectivity index (χ4v) is 3.88. The number of amides is 2. The molecule has 3 rings (SSSR count). The third kappa shape index (κ3) is 5.48. The minimum atomic E-state index is -1.48. The number of likely N-dealkylation sites (N-methyl/N-ethyl adjacent to an activating group) is 1. The van der Waals surface area contributed by atoms with Crippen molar-refractivity contribution in [2.45, 2.75) is 50.9 Å². The van der Waals surface area contributed by atoms with E-state index in [0.29, 0.717) is 0 Å². The predicted molar refractivity (Wildman–Crippen MR) is 118 cm³/mol. The Morgan fingerprint density at radius 1 is 1.18 bits per heavy atom. The summed E-state index contributed by atoms with van der Waals surface area (Å²) in [7, 11) is 1.43. The first-order valence-corrected chi connectivity index (χ1v) is 10.8. The SMILES string of the molecule is CN1C(=O)C(OC(=O)c2ccccc2)=C(C(=O)O)NC1C1(NC(=O)OC(C)(C)C)CCOCC1. The van der Waals surface area contributed by atoms with Gasteiger partial charge >= 0.3 is 18.0 Å². The average molecular weight is 475 g/mol. The van der Waals surface area contributed by atoms with Crippen molar-refractivity contribution in [1.29, 1.82) is 0 Å². The second-order valence-electron chi connectivity index (χ2n) is 9.12. The highest BCUT2D eigenvalue weighted by Crippen LogP contribution is 2.31. The van der Waals surface area contributed by atoms with Crippen molar-refractivity contribution in [2.24, 2.45) is 0 Å². The Morgan fingerprint density at radius 3 is 2.35 bits per heavy atom. The maximum atomic E-state index is 13.2. The molecule has 184 valence electrons. The van der Waals surface area contributed by atoms with Gasteiger partial charge in [-0.2, -0.15) is 0 Å². The van der Waals surface area contributed by atoms with E-state index in [1.54, 1.807) is 39.0 Å². The first-order chi connectivity index (χ1) is 15.9. The van der Waals surface area contributed by atoms with Crippen LogP contribution in [-0.2, 0) is 23.8 Å². The number of nitrogens with one attached hydrogen (secondary N) is 2. The van der Waals surface area contributed by atoms with E-state index in [1.807, 2.05) is 0 Å². The third-order valence-corrected chi connectivity index (χ3v) is 5.49. The molecule has 0 radical (unpaired) electrons. The van der Waals surface area contributed by atoms with Gasteiger partial charge in [-0.05, 0) is 45.7 Å². The summed E-state index contributed by atoms with van der Waals surface area (Å²) in [4.78, 5) is 51.7. The van der Waals surface area contributed by atoms with E-state index in [4.69, 9.17) is 14.2 Å². The standard InChI is InChI=1S/C23H29N3O8/c1-22(2,3)34-21(31)25-23(10-12-32-13-11-23)20-24-15(18(28)29)16(17(27)26(20)4)33-19(30)14-8-6-5-7-9-14/h5-9,20,24H,10-13H2,1-4H3,(H,25,31)(H,28,29). The molecule has 11 nitrogen and oxygen atoms in total. The quantitative estimate of drug-likeness (QED) is 0.541. The molecule has 1 unspecified atom stereocenters. The van der Waals surface area contributed by atoms with Gasteiger partial charge in [0, 0.05) is 20.3 Å². The zero-order valence-corrected chi connectivity index (χ0v) is 19.5. The lowest BCUT2D eigenvalue weighted by atomic mass is 9.84. The van der Waals surface area contributed by atoms with Crippen molar-refractivity contribution < 1.29 is 38.5 Å². The number of hydrogen-bond donors (Lipinski definition) is 3. The summed E-state index contributed by atoms with van der Waals surface area (Å²) in [6, 6.07) is 7.90. The number of aliphatic carboxylic acids is 1. The summed E-state index contributed by atoms with van der Waals surface area (Å²) in [5.41, 5.74) is -2.27. The summed E-state index contributed by atoms with van der Waals surface area (Å²) in [6.45, 7) is 5.71. The van der Waals surface area contributed by atoms with E-state index in [2.05, 4.69) is 10.6 Å². The molecule has 2 aliphatic rings. The topological polar surface area (TPSA) is 143 Å². The van der Waals surface area contributed by atoms with Crippen LogP contribution in [0.1, 0.15) is 44.0 Å². The molecule has 3 N–H and O–H groups in total. The lowest BCUT2D eigenvalue weighted by Gasteiger charge is -2.49. The number of nitrogens with zero attached hydrogens (tertiary/aromatic N) is 1. The van der Waals surface area contributed by atoms with Gasteiger partial charge in [-0.25, -0.2) is 14.4 Å². The summed E-state index contributed by atoms with van der Waals surface area (Å²) in [6.07, 6.45) is -1.11. The number of rotatable bonds is 5. The molecule has 0 bridgehead atoms. The number of carboxylic acids is 1. The van der Waals surface area contributed by atoms with E-state index in [9.17, 15) is 24.3 Å². The highest BCUT2D eigenvalue weighted by molar-refractivity contribution is 6.04. The van der Waals surface area contributed by atoms with Crippen LogP contribution >= 0.6 is 0 Å². The Labute approximate surface area is 197 Å². The average Bonchev–Trinajstić information content (AvgIpc) is 2.76. The molecule has 0 spiro atoms. The van der Waals surface area contributed by atoms with Gasteiger partial charge in [0.2, 0.25) is 5.76 Å². The van der Waals surface area contributed by atoms with Gasteiger partial charge in [0.1, 0.15) is 11.8 Å². The van der Waals surface area contributed by atoms with Crippen LogP contribution in [0.25, 0.3) is 0 Å². The molecule has 11 heteroatoms. The largest absolute Gasteiger partial charge is 0.476 e. The molecule has 0 aromatic heterocycles. The first-order valence-electron chi connectivity index (χ1n) is 10.8.